The first kappa shape index (κ1) is 12.8. The zero-order valence-corrected chi connectivity index (χ0v) is 10.9. The number of hydrogen-bond donors (Lipinski definition) is 1. The smallest absolute Gasteiger partial charge is 0.0595 e. The molecule has 0 saturated carbocycles. The van der Waals surface area contributed by atoms with Crippen LogP contribution in [0.2, 0.25) is 10.0 Å². The summed E-state index contributed by atoms with van der Waals surface area (Å²) in [5.74, 6) is 0. The third-order valence-electron chi connectivity index (χ3n) is 3.06. The van der Waals surface area contributed by atoms with Gasteiger partial charge in [0.1, 0.15) is 0 Å². The van der Waals surface area contributed by atoms with E-state index in [1.54, 1.807) is 6.07 Å². The Balaban J connectivity index is 3.02. The highest BCUT2D eigenvalue weighted by Gasteiger charge is 2.25. The van der Waals surface area contributed by atoms with Crippen molar-refractivity contribution in [2.24, 2.45) is 11.1 Å². The van der Waals surface area contributed by atoms with Crippen LogP contribution in [0.4, 0.5) is 0 Å². The van der Waals surface area contributed by atoms with Crippen molar-refractivity contribution in [3.05, 3.63) is 33.8 Å². The van der Waals surface area contributed by atoms with Crippen LogP contribution in [0.15, 0.2) is 18.2 Å². The lowest BCUT2D eigenvalue weighted by molar-refractivity contribution is 0.278. The predicted molar refractivity (Wildman–Crippen MR) is 67.5 cm³/mol. The SMILES string of the molecule is CCC(C)(C)C(N)c1ccc(Cl)c(Cl)c1. The molecular formula is C12H17Cl2N. The van der Waals surface area contributed by atoms with Crippen molar-refractivity contribution in [1.29, 1.82) is 0 Å². The van der Waals surface area contributed by atoms with Crippen LogP contribution in [-0.4, -0.2) is 0 Å². The van der Waals surface area contributed by atoms with E-state index in [1.165, 1.54) is 0 Å². The van der Waals surface area contributed by atoms with Gasteiger partial charge in [-0.2, -0.15) is 0 Å². The maximum atomic E-state index is 6.20. The van der Waals surface area contributed by atoms with E-state index in [0.717, 1.165) is 12.0 Å². The number of rotatable bonds is 3. The molecule has 2 N–H and O–H groups in total. The molecule has 1 aromatic rings. The summed E-state index contributed by atoms with van der Waals surface area (Å²) < 4.78 is 0. The lowest BCUT2D eigenvalue weighted by Gasteiger charge is -2.30. The minimum atomic E-state index is -0.0164. The highest BCUT2D eigenvalue weighted by Crippen LogP contribution is 2.36. The highest BCUT2D eigenvalue weighted by molar-refractivity contribution is 6.42. The van der Waals surface area contributed by atoms with E-state index in [1.807, 2.05) is 12.1 Å². The van der Waals surface area contributed by atoms with E-state index >= 15 is 0 Å². The average molecular weight is 246 g/mol. The fourth-order valence-electron chi connectivity index (χ4n) is 1.38. The summed E-state index contributed by atoms with van der Waals surface area (Å²) in [7, 11) is 0. The zero-order chi connectivity index (χ0) is 11.6. The monoisotopic (exact) mass is 245 g/mol. The Labute approximate surface area is 102 Å². The van der Waals surface area contributed by atoms with Crippen LogP contribution < -0.4 is 5.73 Å². The average Bonchev–Trinajstić information content (AvgIpc) is 2.21. The molecule has 1 aromatic carbocycles. The molecule has 84 valence electrons. The van der Waals surface area contributed by atoms with Crippen LogP contribution >= 0.6 is 23.2 Å². The van der Waals surface area contributed by atoms with Crippen LogP contribution in [0.25, 0.3) is 0 Å². The van der Waals surface area contributed by atoms with Crippen LogP contribution in [-0.2, 0) is 0 Å². The second-order valence-corrected chi connectivity index (χ2v) is 5.31. The van der Waals surface area contributed by atoms with Crippen molar-refractivity contribution in [2.75, 3.05) is 0 Å². The van der Waals surface area contributed by atoms with Gasteiger partial charge in [-0.3, -0.25) is 0 Å². The van der Waals surface area contributed by atoms with Gasteiger partial charge in [-0.05, 0) is 29.5 Å². The summed E-state index contributed by atoms with van der Waals surface area (Å²) in [4.78, 5) is 0. The van der Waals surface area contributed by atoms with Gasteiger partial charge < -0.3 is 5.73 Å². The van der Waals surface area contributed by atoms with Crippen molar-refractivity contribution in [3.63, 3.8) is 0 Å². The first-order valence-corrected chi connectivity index (χ1v) is 5.84. The molecule has 1 rings (SSSR count). The fraction of sp³-hybridized carbons (Fsp3) is 0.500. The number of nitrogens with two attached hydrogens (primary N) is 1. The van der Waals surface area contributed by atoms with E-state index in [9.17, 15) is 0 Å². The van der Waals surface area contributed by atoms with Crippen LogP contribution in [0, 0.1) is 5.41 Å². The topological polar surface area (TPSA) is 26.0 Å². The van der Waals surface area contributed by atoms with Gasteiger partial charge in [0.25, 0.3) is 0 Å². The van der Waals surface area contributed by atoms with Gasteiger partial charge in [-0.25, -0.2) is 0 Å². The highest BCUT2D eigenvalue weighted by atomic mass is 35.5. The summed E-state index contributed by atoms with van der Waals surface area (Å²) in [6.07, 6.45) is 1.02. The quantitative estimate of drug-likeness (QED) is 0.838. The molecule has 1 nitrogen and oxygen atoms in total. The molecule has 3 heteroatoms. The normalized spacial score (nSPS) is 14.0. The lowest BCUT2D eigenvalue weighted by atomic mass is 9.79. The van der Waals surface area contributed by atoms with Crippen molar-refractivity contribution in [1.82, 2.24) is 0 Å². The minimum Gasteiger partial charge on any atom is -0.324 e. The molecule has 1 unspecified atom stereocenters. The maximum Gasteiger partial charge on any atom is 0.0595 e. The van der Waals surface area contributed by atoms with E-state index in [0.29, 0.717) is 10.0 Å². The van der Waals surface area contributed by atoms with E-state index in [2.05, 4.69) is 20.8 Å². The molecule has 0 radical (unpaired) electrons. The summed E-state index contributed by atoms with van der Waals surface area (Å²) in [6.45, 7) is 6.44. The number of hydrogen-bond acceptors (Lipinski definition) is 1. The van der Waals surface area contributed by atoms with Crippen molar-refractivity contribution in [3.8, 4) is 0 Å². The molecule has 0 aliphatic carbocycles. The van der Waals surface area contributed by atoms with Crippen LogP contribution in [0.5, 0.6) is 0 Å². The Hall–Kier alpha value is -0.240. The number of benzene rings is 1. The van der Waals surface area contributed by atoms with E-state index in [-0.39, 0.29) is 11.5 Å². The first-order valence-electron chi connectivity index (χ1n) is 5.09. The number of halogens is 2. The first-order chi connectivity index (χ1) is 6.88. The molecule has 0 spiro atoms. The van der Waals surface area contributed by atoms with Gasteiger partial charge in [-0.1, -0.05) is 50.0 Å². The van der Waals surface area contributed by atoms with Gasteiger partial charge in [-0.15, -0.1) is 0 Å². The molecule has 0 bridgehead atoms. The van der Waals surface area contributed by atoms with Gasteiger partial charge in [0.2, 0.25) is 0 Å². The molecule has 1 atom stereocenters. The third kappa shape index (κ3) is 2.87. The zero-order valence-electron chi connectivity index (χ0n) is 9.35. The summed E-state index contributed by atoms with van der Waals surface area (Å²) in [5, 5.41) is 1.14. The van der Waals surface area contributed by atoms with Gasteiger partial charge in [0.15, 0.2) is 0 Å². The standard InChI is InChI=1S/C12H17Cl2N/c1-4-12(2,3)11(15)8-5-6-9(13)10(14)7-8/h5-7,11H,4,15H2,1-3H3. The second kappa shape index (κ2) is 4.73. The van der Waals surface area contributed by atoms with Crippen molar-refractivity contribution in [2.45, 2.75) is 33.2 Å². The molecule has 0 saturated heterocycles. The third-order valence-corrected chi connectivity index (χ3v) is 3.79. The van der Waals surface area contributed by atoms with Crippen molar-refractivity contribution < 1.29 is 0 Å². The molecule has 0 heterocycles. The molecule has 0 fully saturated rings. The summed E-state index contributed by atoms with van der Waals surface area (Å²) in [6, 6.07) is 5.57. The Morgan fingerprint density at radius 2 is 1.87 bits per heavy atom. The second-order valence-electron chi connectivity index (χ2n) is 4.49. The van der Waals surface area contributed by atoms with Gasteiger partial charge >= 0.3 is 0 Å². The van der Waals surface area contributed by atoms with Crippen LogP contribution in [0.3, 0.4) is 0 Å². The summed E-state index contributed by atoms with van der Waals surface area (Å²) in [5.41, 5.74) is 7.31. The minimum absolute atomic E-state index is 0.0164. The van der Waals surface area contributed by atoms with Crippen molar-refractivity contribution >= 4 is 23.2 Å². The van der Waals surface area contributed by atoms with Crippen LogP contribution in [0.1, 0.15) is 38.8 Å². The Morgan fingerprint density at radius 1 is 1.27 bits per heavy atom. The fourth-order valence-corrected chi connectivity index (χ4v) is 1.68. The van der Waals surface area contributed by atoms with E-state index < -0.39 is 0 Å². The molecular weight excluding hydrogens is 229 g/mol. The molecule has 0 aliphatic rings. The molecule has 0 aromatic heterocycles. The molecule has 0 amide bonds. The lowest BCUT2D eigenvalue weighted by Crippen LogP contribution is -2.28. The molecule has 15 heavy (non-hydrogen) atoms. The van der Waals surface area contributed by atoms with Gasteiger partial charge in [0.05, 0.1) is 10.0 Å². The van der Waals surface area contributed by atoms with E-state index in [4.69, 9.17) is 28.9 Å². The summed E-state index contributed by atoms with van der Waals surface area (Å²) >= 11 is 11.8. The Bertz CT molecular complexity index is 347. The Kier molecular flexibility index (Phi) is 4.05. The Morgan fingerprint density at radius 3 is 2.33 bits per heavy atom. The predicted octanol–water partition coefficient (Wildman–Crippen LogP) is 4.43. The largest absolute Gasteiger partial charge is 0.324 e. The molecule has 0 aliphatic heterocycles. The van der Waals surface area contributed by atoms with Gasteiger partial charge in [0, 0.05) is 6.04 Å². The maximum absolute atomic E-state index is 6.20.